The molecular formula is C72H123N2O7P. The van der Waals surface area contributed by atoms with E-state index in [1.54, 1.807) is 0 Å². The van der Waals surface area contributed by atoms with Gasteiger partial charge < -0.3 is 28.5 Å². The van der Waals surface area contributed by atoms with Crippen LogP contribution in [0.1, 0.15) is 258 Å². The van der Waals surface area contributed by atoms with Gasteiger partial charge in [0.2, 0.25) is 5.91 Å². The van der Waals surface area contributed by atoms with E-state index in [-0.39, 0.29) is 31.3 Å². The fourth-order valence-electron chi connectivity index (χ4n) is 8.76. The van der Waals surface area contributed by atoms with E-state index < -0.39 is 26.6 Å². The molecule has 0 bridgehead atoms. The highest BCUT2D eigenvalue weighted by molar-refractivity contribution is 7.45. The summed E-state index contributed by atoms with van der Waals surface area (Å²) in [6.45, 7) is 6.63. The molecule has 0 spiro atoms. The summed E-state index contributed by atoms with van der Waals surface area (Å²) in [5.74, 6) is -0.653. The Labute approximate surface area is 505 Å². The number of likely N-dealkylation sites (N-methyl/N-ethyl adjacent to an activating group) is 1. The maximum absolute atomic E-state index is 13.5. The first-order valence-electron chi connectivity index (χ1n) is 33.0. The first-order chi connectivity index (χ1) is 39.9. The van der Waals surface area contributed by atoms with Crippen molar-refractivity contribution in [3.05, 3.63) is 134 Å². The third-order valence-corrected chi connectivity index (χ3v) is 14.8. The number of quaternary nitrogens is 1. The van der Waals surface area contributed by atoms with Crippen molar-refractivity contribution in [2.75, 3.05) is 40.9 Å². The zero-order valence-electron chi connectivity index (χ0n) is 53.4. The van der Waals surface area contributed by atoms with Gasteiger partial charge in [-0.2, -0.15) is 0 Å². The van der Waals surface area contributed by atoms with Crippen LogP contribution in [0.25, 0.3) is 0 Å². The van der Waals surface area contributed by atoms with Crippen LogP contribution in [0.5, 0.6) is 0 Å². The quantitative estimate of drug-likeness (QED) is 0.0212. The van der Waals surface area contributed by atoms with Gasteiger partial charge >= 0.3 is 5.97 Å². The maximum Gasteiger partial charge on any atom is 0.306 e. The second kappa shape index (κ2) is 60.3. The number of phosphoric ester groups is 1. The first kappa shape index (κ1) is 78.1. The van der Waals surface area contributed by atoms with Gasteiger partial charge in [-0.1, -0.05) is 264 Å². The van der Waals surface area contributed by atoms with Crippen LogP contribution in [-0.2, 0) is 27.9 Å². The molecule has 0 aliphatic carbocycles. The Morgan fingerprint density at radius 1 is 0.439 bits per heavy atom. The molecule has 0 radical (unpaired) electrons. The van der Waals surface area contributed by atoms with Crippen LogP contribution in [0.4, 0.5) is 0 Å². The van der Waals surface area contributed by atoms with Crippen molar-refractivity contribution < 1.29 is 37.3 Å². The highest BCUT2D eigenvalue weighted by Crippen LogP contribution is 2.38. The van der Waals surface area contributed by atoms with Crippen LogP contribution in [0, 0.1) is 0 Å². The lowest BCUT2D eigenvalue weighted by atomic mass is 10.0. The molecule has 1 amide bonds. The van der Waals surface area contributed by atoms with E-state index in [0.29, 0.717) is 23.9 Å². The summed E-state index contributed by atoms with van der Waals surface area (Å²) < 4.78 is 30.3. The van der Waals surface area contributed by atoms with Gasteiger partial charge in [0.05, 0.1) is 33.8 Å². The van der Waals surface area contributed by atoms with Gasteiger partial charge in [-0.15, -0.1) is 0 Å². The highest BCUT2D eigenvalue weighted by atomic mass is 31.2. The second-order valence-electron chi connectivity index (χ2n) is 22.9. The fraction of sp³-hybridized carbons (Fsp3) is 0.667. The van der Waals surface area contributed by atoms with Gasteiger partial charge in [0.25, 0.3) is 7.82 Å². The molecule has 0 aromatic carbocycles. The summed E-state index contributed by atoms with van der Waals surface area (Å²) >= 11 is 0. The Hall–Kier alpha value is -3.85. The molecule has 10 heteroatoms. The summed E-state index contributed by atoms with van der Waals surface area (Å²) in [4.78, 5) is 40.0. The molecule has 0 aliphatic rings. The summed E-state index contributed by atoms with van der Waals surface area (Å²) in [7, 11) is 1.12. The van der Waals surface area contributed by atoms with Gasteiger partial charge in [-0.05, 0) is 115 Å². The molecule has 82 heavy (non-hydrogen) atoms. The Bertz CT molecular complexity index is 1860. The van der Waals surface area contributed by atoms with E-state index in [1.807, 2.05) is 45.4 Å². The van der Waals surface area contributed by atoms with Crippen LogP contribution in [0.3, 0.4) is 0 Å². The molecule has 0 aromatic heterocycles. The average molecular weight is 1160 g/mol. The molecule has 0 aliphatic heterocycles. The average Bonchev–Trinajstić information content (AvgIpc) is 3.47. The van der Waals surface area contributed by atoms with E-state index >= 15 is 0 Å². The molecule has 1 N–H and O–H groups in total. The Balaban J connectivity index is 5.28. The van der Waals surface area contributed by atoms with Crippen molar-refractivity contribution in [2.24, 2.45) is 0 Å². The summed E-state index contributed by atoms with van der Waals surface area (Å²) in [5.41, 5.74) is 0. The van der Waals surface area contributed by atoms with Crippen molar-refractivity contribution in [3.63, 3.8) is 0 Å². The van der Waals surface area contributed by atoms with E-state index in [4.69, 9.17) is 13.8 Å². The lowest BCUT2D eigenvalue weighted by Crippen LogP contribution is -2.47. The molecule has 468 valence electrons. The van der Waals surface area contributed by atoms with Crippen molar-refractivity contribution in [1.82, 2.24) is 5.32 Å². The molecule has 3 unspecified atom stereocenters. The van der Waals surface area contributed by atoms with Gasteiger partial charge in [-0.3, -0.25) is 14.2 Å². The van der Waals surface area contributed by atoms with Crippen LogP contribution < -0.4 is 10.2 Å². The molecule has 0 saturated carbocycles. The van der Waals surface area contributed by atoms with Crippen LogP contribution >= 0.6 is 7.82 Å². The molecular weight excluding hydrogens is 1040 g/mol. The monoisotopic (exact) mass is 1160 g/mol. The lowest BCUT2D eigenvalue weighted by Gasteiger charge is -2.30. The minimum Gasteiger partial charge on any atom is -0.756 e. The number of carbonyl (C=O) groups is 2. The first-order valence-corrected chi connectivity index (χ1v) is 34.5. The normalized spacial score (nSPS) is 14.5. The number of ether oxygens (including phenoxy) is 1. The number of rotatable bonds is 58. The SMILES string of the molecule is CC/C=C\C/C=C\C/C=C\C/C=C\C/C=C\C/C=C\CCC(=O)NC(COP(=O)([O-])OCC[N+](C)(C)C)C(/C=C\CCCCCCCCCCCC)OC(=O)CCCCCCCCCCC/C=C\C/C=C\C/C=C\C/C=C\CCCCC. The van der Waals surface area contributed by atoms with Crippen LogP contribution in [-0.4, -0.2) is 69.4 Å². The highest BCUT2D eigenvalue weighted by Gasteiger charge is 2.27. The number of phosphoric acid groups is 1. The minimum atomic E-state index is -4.73. The molecule has 0 saturated heterocycles. The topological polar surface area (TPSA) is 114 Å². The predicted molar refractivity (Wildman–Crippen MR) is 353 cm³/mol. The van der Waals surface area contributed by atoms with Crippen molar-refractivity contribution >= 4 is 19.7 Å². The van der Waals surface area contributed by atoms with E-state index in [2.05, 4.69) is 135 Å². The molecule has 9 nitrogen and oxygen atoms in total. The lowest BCUT2D eigenvalue weighted by molar-refractivity contribution is -0.870. The van der Waals surface area contributed by atoms with Crippen LogP contribution in [0.15, 0.2) is 134 Å². The van der Waals surface area contributed by atoms with Gasteiger partial charge in [0.1, 0.15) is 19.3 Å². The molecule has 0 heterocycles. The summed E-state index contributed by atoms with van der Waals surface area (Å²) in [6.07, 6.45) is 85.8. The minimum absolute atomic E-state index is 0.0439. The maximum atomic E-state index is 13.5. The number of nitrogens with zero attached hydrogens (tertiary/aromatic N) is 1. The van der Waals surface area contributed by atoms with Gasteiger partial charge in [0.15, 0.2) is 0 Å². The summed E-state index contributed by atoms with van der Waals surface area (Å²) in [6, 6.07) is -0.941. The smallest absolute Gasteiger partial charge is 0.306 e. The number of esters is 1. The Morgan fingerprint density at radius 2 is 0.793 bits per heavy atom. The number of hydrogen-bond donors (Lipinski definition) is 1. The number of hydrogen-bond acceptors (Lipinski definition) is 7. The number of carbonyl (C=O) groups excluding carboxylic acids is 2. The Morgan fingerprint density at radius 3 is 1.22 bits per heavy atom. The molecule has 0 rings (SSSR count). The number of unbranched alkanes of at least 4 members (excludes halogenated alkanes) is 22. The second-order valence-corrected chi connectivity index (χ2v) is 24.3. The largest absolute Gasteiger partial charge is 0.756 e. The Kier molecular flexibility index (Phi) is 57.4. The van der Waals surface area contributed by atoms with Crippen LogP contribution in [0.2, 0.25) is 0 Å². The predicted octanol–water partition coefficient (Wildman–Crippen LogP) is 20.2. The zero-order chi connectivity index (χ0) is 60.0. The van der Waals surface area contributed by atoms with E-state index in [0.717, 1.165) is 103 Å². The van der Waals surface area contributed by atoms with Gasteiger partial charge in [-0.25, -0.2) is 0 Å². The molecule has 3 atom stereocenters. The van der Waals surface area contributed by atoms with Crippen molar-refractivity contribution in [2.45, 2.75) is 270 Å². The van der Waals surface area contributed by atoms with Crippen molar-refractivity contribution in [3.8, 4) is 0 Å². The number of nitrogens with one attached hydrogen (secondary N) is 1. The third-order valence-electron chi connectivity index (χ3n) is 13.8. The summed E-state index contributed by atoms with van der Waals surface area (Å²) in [5, 5.41) is 2.98. The fourth-order valence-corrected chi connectivity index (χ4v) is 9.49. The standard InChI is InChI=1S/C72H123N2O7P/c1-7-10-13-16-19-22-25-28-30-32-34-35-36-37-38-39-41-43-45-47-50-53-56-59-62-65-72(76)81-70(63-60-57-54-51-48-27-24-21-18-15-12-9-3)69(68-80-82(77,78)79-67-66-74(4,5)6)73-71(75)64-61-58-55-52-49-46-44-42-40-33-31-29-26-23-20-17-14-11-8-2/h11,14,19-20,22-23,28-31,34-35,37-38,40,42,46,49,55,58,60,63,69-70H,7-10,12-13,15-18,21,24-27,32-33,36,39,41,43-45,47-48,50-54,56-57,59,61-62,64-68H2,1-6H3,(H-,73,75,77,78)/b14-11-,22-19-,23-20-,30-28-,31-29-,35-34-,38-37-,42-40-,49-46-,58-55-,63-60-. The van der Waals surface area contributed by atoms with E-state index in [9.17, 15) is 19.0 Å². The number of allylic oxidation sites excluding steroid dienone is 21. The molecule has 0 fully saturated rings. The van der Waals surface area contributed by atoms with E-state index in [1.165, 1.54) is 109 Å². The number of amides is 1. The van der Waals surface area contributed by atoms with Gasteiger partial charge in [0, 0.05) is 12.8 Å². The zero-order valence-corrected chi connectivity index (χ0v) is 54.3. The van der Waals surface area contributed by atoms with Crippen molar-refractivity contribution in [1.29, 1.82) is 0 Å². The molecule has 0 aromatic rings. The third kappa shape index (κ3) is 60.7.